The SMILES string of the molecule is COc1cc2c(cc1OC)-c1cc3ccc(OC)c(OCCCCCCCCO[N+](=O)[O-])c3c[n+]1CC2.[Br-]. The number of rotatable bonds is 14. The van der Waals surface area contributed by atoms with E-state index in [4.69, 9.17) is 18.9 Å². The third-order valence-corrected chi connectivity index (χ3v) is 6.79. The molecule has 0 spiro atoms. The quantitative estimate of drug-likeness (QED) is 0.123. The molecule has 3 aromatic rings. The fraction of sp³-hybridized carbons (Fsp3) is 0.464. The molecular formula is C28H35BrN2O7. The predicted molar refractivity (Wildman–Crippen MR) is 139 cm³/mol. The summed E-state index contributed by atoms with van der Waals surface area (Å²) in [4.78, 5) is 14.5. The molecule has 0 amide bonds. The average Bonchev–Trinajstić information content (AvgIpc) is 2.91. The largest absolute Gasteiger partial charge is 1.00 e. The predicted octanol–water partition coefficient (Wildman–Crippen LogP) is 2.31. The maximum absolute atomic E-state index is 10.2. The van der Waals surface area contributed by atoms with Crippen molar-refractivity contribution >= 4 is 10.8 Å². The molecule has 2 aromatic carbocycles. The van der Waals surface area contributed by atoms with Crippen molar-refractivity contribution in [3.05, 3.63) is 52.2 Å². The van der Waals surface area contributed by atoms with Crippen molar-refractivity contribution in [3.63, 3.8) is 0 Å². The van der Waals surface area contributed by atoms with Gasteiger partial charge in [0.2, 0.25) is 5.69 Å². The number of hydrogen-bond acceptors (Lipinski definition) is 7. The van der Waals surface area contributed by atoms with Crippen molar-refractivity contribution in [2.45, 2.75) is 51.5 Å². The molecule has 1 aliphatic heterocycles. The molecule has 9 nitrogen and oxygen atoms in total. The highest BCUT2D eigenvalue weighted by atomic mass is 79.9. The van der Waals surface area contributed by atoms with Gasteiger partial charge in [-0.15, -0.1) is 10.1 Å². The first-order valence-corrected chi connectivity index (χ1v) is 12.7. The van der Waals surface area contributed by atoms with Gasteiger partial charge in [-0.3, -0.25) is 0 Å². The smallest absolute Gasteiger partial charge is 0.294 e. The standard InChI is InChI=1S/C28H35N2O7.BrH/c1-33-25-11-10-20-16-24-22-18-27(35-3)26(34-2)17-21(22)12-13-29(24)19-23(20)28(25)36-14-8-6-4-5-7-9-15-37-30(31)32;/h10-11,16-19H,4-9,12-15H2,1-3H3;1H/q+1;/p-1. The van der Waals surface area contributed by atoms with Crippen LogP contribution in [0.5, 0.6) is 23.0 Å². The van der Waals surface area contributed by atoms with Crippen LogP contribution in [0.3, 0.4) is 0 Å². The number of nitrogens with zero attached hydrogens (tertiary/aromatic N) is 2. The maximum atomic E-state index is 10.2. The molecule has 2 heterocycles. The Morgan fingerprint density at radius 1 is 0.868 bits per heavy atom. The van der Waals surface area contributed by atoms with E-state index >= 15 is 0 Å². The van der Waals surface area contributed by atoms with Crippen molar-refractivity contribution in [3.8, 4) is 34.3 Å². The zero-order valence-electron chi connectivity index (χ0n) is 22.2. The van der Waals surface area contributed by atoms with E-state index in [0.717, 1.165) is 90.1 Å². The lowest BCUT2D eigenvalue weighted by Gasteiger charge is -2.19. The van der Waals surface area contributed by atoms with Crippen molar-refractivity contribution in [2.24, 2.45) is 0 Å². The van der Waals surface area contributed by atoms with Crippen LogP contribution in [0.2, 0.25) is 0 Å². The molecule has 0 aliphatic carbocycles. The van der Waals surface area contributed by atoms with E-state index < -0.39 is 5.09 Å². The summed E-state index contributed by atoms with van der Waals surface area (Å²) in [5.41, 5.74) is 3.52. The van der Waals surface area contributed by atoms with Gasteiger partial charge in [-0.1, -0.05) is 25.7 Å². The molecule has 0 N–H and O–H groups in total. The number of aromatic nitrogens is 1. The first-order chi connectivity index (χ1) is 18.0. The second-order valence-corrected chi connectivity index (χ2v) is 9.09. The minimum atomic E-state index is -0.735. The molecule has 0 unspecified atom stereocenters. The molecule has 0 saturated heterocycles. The fourth-order valence-corrected chi connectivity index (χ4v) is 4.87. The lowest BCUT2D eigenvalue weighted by molar-refractivity contribution is -0.757. The van der Waals surface area contributed by atoms with Crippen LogP contribution in [0.4, 0.5) is 0 Å². The van der Waals surface area contributed by atoms with Crippen LogP contribution >= 0.6 is 0 Å². The highest BCUT2D eigenvalue weighted by Crippen LogP contribution is 2.40. The maximum Gasteiger partial charge on any atom is 0.294 e. The molecular weight excluding hydrogens is 556 g/mol. The first-order valence-electron chi connectivity index (χ1n) is 12.7. The van der Waals surface area contributed by atoms with E-state index in [1.807, 2.05) is 6.07 Å². The lowest BCUT2D eigenvalue weighted by atomic mass is 9.95. The van der Waals surface area contributed by atoms with Gasteiger partial charge in [0.05, 0.1) is 45.5 Å². The Morgan fingerprint density at radius 3 is 2.21 bits per heavy atom. The second kappa shape index (κ2) is 14.0. The van der Waals surface area contributed by atoms with Crippen molar-refractivity contribution in [2.75, 3.05) is 34.5 Å². The van der Waals surface area contributed by atoms with E-state index in [1.54, 1.807) is 21.3 Å². The van der Waals surface area contributed by atoms with Crippen molar-refractivity contribution in [1.29, 1.82) is 0 Å². The van der Waals surface area contributed by atoms with E-state index in [9.17, 15) is 10.1 Å². The number of benzene rings is 2. The Hall–Kier alpha value is -3.27. The molecule has 206 valence electrons. The lowest BCUT2D eigenvalue weighted by Crippen LogP contribution is -3.00. The number of aryl methyl sites for hydroxylation is 2. The number of unbranched alkanes of at least 4 members (excludes halogenated alkanes) is 5. The Bertz CT molecular complexity index is 1250. The van der Waals surface area contributed by atoms with Gasteiger partial charge in [-0.2, -0.15) is 4.57 Å². The molecule has 0 atom stereocenters. The topological polar surface area (TPSA) is 93.2 Å². The number of pyridine rings is 1. The number of hydrogen-bond donors (Lipinski definition) is 0. The zero-order chi connectivity index (χ0) is 26.2. The van der Waals surface area contributed by atoms with Crippen LogP contribution in [0.25, 0.3) is 22.0 Å². The molecule has 10 heteroatoms. The van der Waals surface area contributed by atoms with Crippen LogP contribution in [-0.4, -0.2) is 39.6 Å². The highest BCUT2D eigenvalue weighted by molar-refractivity contribution is 5.91. The van der Waals surface area contributed by atoms with Gasteiger partial charge in [0, 0.05) is 12.5 Å². The normalized spacial score (nSPS) is 11.7. The Kier molecular flexibility index (Phi) is 10.8. The molecule has 0 radical (unpaired) electrons. The average molecular weight is 591 g/mol. The molecule has 1 aromatic heterocycles. The molecule has 4 rings (SSSR count). The van der Waals surface area contributed by atoms with Gasteiger partial charge in [-0.25, -0.2) is 0 Å². The number of halogens is 1. The van der Waals surface area contributed by atoms with Gasteiger partial charge in [-0.05, 0) is 48.1 Å². The van der Waals surface area contributed by atoms with Gasteiger partial charge in [0.15, 0.2) is 35.7 Å². The van der Waals surface area contributed by atoms with Crippen LogP contribution in [0.15, 0.2) is 36.5 Å². The molecule has 38 heavy (non-hydrogen) atoms. The third-order valence-electron chi connectivity index (χ3n) is 6.79. The Labute approximate surface area is 233 Å². The van der Waals surface area contributed by atoms with Crippen molar-refractivity contribution < 1.29 is 50.4 Å². The summed E-state index contributed by atoms with van der Waals surface area (Å²) in [5.74, 6) is 2.96. The number of fused-ring (bicyclic) bond motifs is 4. The van der Waals surface area contributed by atoms with Crippen molar-refractivity contribution in [1.82, 2.24) is 0 Å². The molecule has 1 aliphatic rings. The van der Waals surface area contributed by atoms with Gasteiger partial charge in [0.1, 0.15) is 0 Å². The minimum Gasteiger partial charge on any atom is -1.00 e. The van der Waals surface area contributed by atoms with Gasteiger partial charge < -0.3 is 40.8 Å². The number of methoxy groups -OCH3 is 3. The highest BCUT2D eigenvalue weighted by Gasteiger charge is 2.27. The Balaban J connectivity index is 0.00000400. The summed E-state index contributed by atoms with van der Waals surface area (Å²) in [6, 6.07) is 10.4. The summed E-state index contributed by atoms with van der Waals surface area (Å²) >= 11 is 0. The van der Waals surface area contributed by atoms with Crippen LogP contribution in [0, 0.1) is 10.1 Å². The Morgan fingerprint density at radius 2 is 1.53 bits per heavy atom. The van der Waals surface area contributed by atoms with E-state index in [0.29, 0.717) is 13.0 Å². The summed E-state index contributed by atoms with van der Waals surface area (Å²) in [7, 11) is 4.99. The summed E-state index contributed by atoms with van der Waals surface area (Å²) in [6.45, 7) is 1.63. The summed E-state index contributed by atoms with van der Waals surface area (Å²) in [6.07, 6.45) is 8.75. The molecule has 0 saturated carbocycles. The van der Waals surface area contributed by atoms with Gasteiger partial charge in [0.25, 0.3) is 5.09 Å². The zero-order valence-corrected chi connectivity index (χ0v) is 23.8. The fourth-order valence-electron chi connectivity index (χ4n) is 4.87. The summed E-state index contributed by atoms with van der Waals surface area (Å²) < 4.78 is 25.2. The minimum absolute atomic E-state index is 0. The molecule has 0 fully saturated rings. The van der Waals surface area contributed by atoms with Crippen LogP contribution < -0.4 is 40.5 Å². The van der Waals surface area contributed by atoms with Crippen LogP contribution in [0.1, 0.15) is 44.1 Å². The van der Waals surface area contributed by atoms with E-state index in [2.05, 4.69) is 39.9 Å². The van der Waals surface area contributed by atoms with Gasteiger partial charge >= 0.3 is 0 Å². The second-order valence-electron chi connectivity index (χ2n) is 9.09. The number of ether oxygens (including phenoxy) is 4. The molecule has 0 bridgehead atoms. The van der Waals surface area contributed by atoms with E-state index in [-0.39, 0.29) is 23.6 Å². The third kappa shape index (κ3) is 6.78. The van der Waals surface area contributed by atoms with E-state index in [1.165, 1.54) is 5.56 Å². The first kappa shape index (κ1) is 29.3. The van der Waals surface area contributed by atoms with Crippen LogP contribution in [-0.2, 0) is 17.8 Å². The summed E-state index contributed by atoms with van der Waals surface area (Å²) in [5, 5.41) is 11.5. The monoisotopic (exact) mass is 590 g/mol.